The van der Waals surface area contributed by atoms with Gasteiger partial charge in [0.25, 0.3) is 5.91 Å². The molecular formula is C17H18ClFN4O2. The fourth-order valence-corrected chi connectivity index (χ4v) is 3.08. The molecule has 0 N–H and O–H groups in total. The van der Waals surface area contributed by atoms with Crippen molar-refractivity contribution in [3.63, 3.8) is 0 Å². The van der Waals surface area contributed by atoms with Crippen LogP contribution in [0.5, 0.6) is 0 Å². The Morgan fingerprint density at radius 1 is 1.20 bits per heavy atom. The minimum absolute atomic E-state index is 0.0304. The maximum absolute atomic E-state index is 13.9. The minimum atomic E-state index is -0.633. The molecule has 1 saturated heterocycles. The van der Waals surface area contributed by atoms with Crippen molar-refractivity contribution in [3.05, 3.63) is 52.8 Å². The summed E-state index contributed by atoms with van der Waals surface area (Å²) in [6.07, 6.45) is 3.41. The molecule has 6 nitrogen and oxygen atoms in total. The summed E-state index contributed by atoms with van der Waals surface area (Å²) in [7, 11) is 0. The number of benzene rings is 1. The quantitative estimate of drug-likeness (QED) is 0.836. The van der Waals surface area contributed by atoms with Gasteiger partial charge in [0.05, 0.1) is 10.6 Å². The van der Waals surface area contributed by atoms with Crippen molar-refractivity contribution < 1.29 is 14.0 Å². The molecule has 3 rings (SSSR count). The molecule has 0 bridgehead atoms. The van der Waals surface area contributed by atoms with E-state index in [1.54, 1.807) is 21.9 Å². The van der Waals surface area contributed by atoms with E-state index in [2.05, 4.69) is 4.98 Å². The van der Waals surface area contributed by atoms with Crippen LogP contribution in [0.2, 0.25) is 5.02 Å². The molecule has 0 atom stereocenters. The Kier molecular flexibility index (Phi) is 5.03. The molecular weight excluding hydrogens is 347 g/mol. The van der Waals surface area contributed by atoms with Crippen molar-refractivity contribution in [2.24, 2.45) is 0 Å². The summed E-state index contributed by atoms with van der Waals surface area (Å²) in [5.74, 6) is -0.333. The summed E-state index contributed by atoms with van der Waals surface area (Å²) < 4.78 is 15.7. The molecule has 132 valence electrons. The van der Waals surface area contributed by atoms with E-state index in [0.717, 1.165) is 5.82 Å². The standard InChI is InChI=1S/C17H18ClFN4O2/c1-12-20-5-6-23(12)11-15(24)21-7-9-22(10-8-21)17(25)16-13(18)3-2-4-14(16)19/h2-6H,7-11H2,1H3. The molecule has 1 aromatic heterocycles. The van der Waals surface area contributed by atoms with Crippen LogP contribution in [-0.4, -0.2) is 57.3 Å². The van der Waals surface area contributed by atoms with Crippen LogP contribution in [0.4, 0.5) is 4.39 Å². The van der Waals surface area contributed by atoms with E-state index in [1.807, 2.05) is 6.92 Å². The smallest absolute Gasteiger partial charge is 0.258 e. The van der Waals surface area contributed by atoms with Gasteiger partial charge in [0, 0.05) is 38.6 Å². The van der Waals surface area contributed by atoms with Crippen LogP contribution < -0.4 is 0 Å². The van der Waals surface area contributed by atoms with E-state index in [0.29, 0.717) is 26.2 Å². The molecule has 2 heterocycles. The molecule has 1 aliphatic heterocycles. The third-order valence-electron chi connectivity index (χ3n) is 4.33. The van der Waals surface area contributed by atoms with Crippen molar-refractivity contribution in [1.29, 1.82) is 0 Å². The number of amides is 2. The molecule has 0 aliphatic carbocycles. The first kappa shape index (κ1) is 17.4. The fourth-order valence-electron chi connectivity index (χ4n) is 2.84. The van der Waals surface area contributed by atoms with Gasteiger partial charge in [0.15, 0.2) is 0 Å². The Hall–Kier alpha value is -2.41. The highest BCUT2D eigenvalue weighted by molar-refractivity contribution is 6.33. The van der Waals surface area contributed by atoms with Gasteiger partial charge in [-0.05, 0) is 19.1 Å². The Balaban J connectivity index is 1.61. The van der Waals surface area contributed by atoms with Crippen LogP contribution in [0.3, 0.4) is 0 Å². The number of imidazole rings is 1. The number of carbonyl (C=O) groups is 2. The Labute approximate surface area is 149 Å². The van der Waals surface area contributed by atoms with Crippen LogP contribution in [0, 0.1) is 12.7 Å². The number of hydrogen-bond donors (Lipinski definition) is 0. The maximum Gasteiger partial charge on any atom is 0.258 e. The van der Waals surface area contributed by atoms with Crippen LogP contribution in [0.15, 0.2) is 30.6 Å². The molecule has 0 unspecified atom stereocenters. The van der Waals surface area contributed by atoms with Crippen molar-refractivity contribution in [1.82, 2.24) is 19.4 Å². The van der Waals surface area contributed by atoms with Gasteiger partial charge in [-0.25, -0.2) is 9.37 Å². The second-order valence-electron chi connectivity index (χ2n) is 5.87. The van der Waals surface area contributed by atoms with Gasteiger partial charge >= 0.3 is 0 Å². The lowest BCUT2D eigenvalue weighted by molar-refractivity contribution is -0.133. The van der Waals surface area contributed by atoms with Gasteiger partial charge in [-0.3, -0.25) is 9.59 Å². The van der Waals surface area contributed by atoms with Crippen molar-refractivity contribution in [2.45, 2.75) is 13.5 Å². The van der Waals surface area contributed by atoms with Gasteiger partial charge < -0.3 is 14.4 Å². The summed E-state index contributed by atoms with van der Waals surface area (Å²) in [5.41, 5.74) is -0.113. The number of aromatic nitrogens is 2. The number of halogens is 2. The van der Waals surface area contributed by atoms with E-state index in [-0.39, 0.29) is 23.0 Å². The summed E-state index contributed by atoms with van der Waals surface area (Å²) >= 11 is 5.96. The highest BCUT2D eigenvalue weighted by Crippen LogP contribution is 2.21. The van der Waals surface area contributed by atoms with Crippen molar-refractivity contribution in [3.8, 4) is 0 Å². The Morgan fingerprint density at radius 3 is 2.48 bits per heavy atom. The molecule has 0 radical (unpaired) electrons. The molecule has 1 aromatic carbocycles. The lowest BCUT2D eigenvalue weighted by atomic mass is 10.1. The van der Waals surface area contributed by atoms with E-state index < -0.39 is 11.7 Å². The number of nitrogens with zero attached hydrogens (tertiary/aromatic N) is 4. The lowest BCUT2D eigenvalue weighted by Gasteiger charge is -2.35. The molecule has 2 aromatic rings. The average Bonchev–Trinajstić information content (AvgIpc) is 2.99. The zero-order chi connectivity index (χ0) is 18.0. The molecule has 0 spiro atoms. The number of piperazine rings is 1. The third kappa shape index (κ3) is 3.66. The van der Waals surface area contributed by atoms with E-state index in [1.165, 1.54) is 23.1 Å². The van der Waals surface area contributed by atoms with Crippen molar-refractivity contribution >= 4 is 23.4 Å². The molecule has 1 fully saturated rings. The number of hydrogen-bond acceptors (Lipinski definition) is 3. The second kappa shape index (κ2) is 7.23. The van der Waals surface area contributed by atoms with E-state index in [4.69, 9.17) is 11.6 Å². The third-order valence-corrected chi connectivity index (χ3v) is 4.64. The van der Waals surface area contributed by atoms with Crippen LogP contribution in [-0.2, 0) is 11.3 Å². The summed E-state index contributed by atoms with van der Waals surface area (Å²) in [4.78, 5) is 32.2. The average molecular weight is 365 g/mol. The van der Waals surface area contributed by atoms with Gasteiger partial charge in [-0.1, -0.05) is 17.7 Å². The summed E-state index contributed by atoms with van der Waals surface area (Å²) in [6.45, 7) is 3.56. The van der Waals surface area contributed by atoms with Crippen molar-refractivity contribution in [2.75, 3.05) is 26.2 Å². The minimum Gasteiger partial charge on any atom is -0.338 e. The number of carbonyl (C=O) groups excluding carboxylic acids is 2. The van der Waals surface area contributed by atoms with E-state index in [9.17, 15) is 14.0 Å². The van der Waals surface area contributed by atoms with Gasteiger partial charge in [-0.15, -0.1) is 0 Å². The first-order chi connectivity index (χ1) is 12.0. The summed E-state index contributed by atoms with van der Waals surface area (Å²) in [5, 5.41) is 0.0964. The van der Waals surface area contributed by atoms with Gasteiger partial charge in [-0.2, -0.15) is 0 Å². The van der Waals surface area contributed by atoms with E-state index >= 15 is 0 Å². The normalized spacial score (nSPS) is 14.7. The van der Waals surface area contributed by atoms with Gasteiger partial charge in [0.2, 0.25) is 5.91 Å². The largest absolute Gasteiger partial charge is 0.338 e. The number of aryl methyl sites for hydroxylation is 1. The van der Waals surface area contributed by atoms with Crippen LogP contribution in [0.25, 0.3) is 0 Å². The molecule has 1 aliphatic rings. The van der Waals surface area contributed by atoms with Crippen LogP contribution in [0.1, 0.15) is 16.2 Å². The lowest BCUT2D eigenvalue weighted by Crippen LogP contribution is -2.51. The van der Waals surface area contributed by atoms with Gasteiger partial charge in [0.1, 0.15) is 18.2 Å². The number of rotatable bonds is 3. The Bertz CT molecular complexity index is 779. The highest BCUT2D eigenvalue weighted by Gasteiger charge is 2.27. The fraction of sp³-hybridized carbons (Fsp3) is 0.353. The first-order valence-corrected chi connectivity index (χ1v) is 8.34. The molecule has 25 heavy (non-hydrogen) atoms. The predicted molar refractivity (Wildman–Crippen MR) is 90.9 cm³/mol. The monoisotopic (exact) mass is 364 g/mol. The molecule has 0 saturated carbocycles. The molecule has 8 heteroatoms. The summed E-state index contributed by atoms with van der Waals surface area (Å²) in [6, 6.07) is 4.17. The highest BCUT2D eigenvalue weighted by atomic mass is 35.5. The van der Waals surface area contributed by atoms with Crippen LogP contribution >= 0.6 is 11.6 Å². The molecule has 2 amide bonds. The topological polar surface area (TPSA) is 58.4 Å². The predicted octanol–water partition coefficient (Wildman–Crippen LogP) is 1.97. The Morgan fingerprint density at radius 2 is 1.88 bits per heavy atom. The zero-order valence-electron chi connectivity index (χ0n) is 13.8. The maximum atomic E-state index is 13.9. The first-order valence-electron chi connectivity index (χ1n) is 7.96. The zero-order valence-corrected chi connectivity index (χ0v) is 14.5. The SMILES string of the molecule is Cc1nccn1CC(=O)N1CCN(C(=O)c2c(F)cccc2Cl)CC1. The second-order valence-corrected chi connectivity index (χ2v) is 6.28.